The summed E-state index contributed by atoms with van der Waals surface area (Å²) in [6.45, 7) is 0.698. The number of anilines is 1. The summed E-state index contributed by atoms with van der Waals surface area (Å²) < 4.78 is 16.0. The molecule has 1 aliphatic heterocycles. The predicted molar refractivity (Wildman–Crippen MR) is 86.0 cm³/mol. The Kier molecular flexibility index (Phi) is 4.41. The van der Waals surface area contributed by atoms with E-state index in [4.69, 9.17) is 13.9 Å². The summed E-state index contributed by atoms with van der Waals surface area (Å²) in [5.41, 5.74) is 0.585. The molecule has 1 fully saturated rings. The molecule has 1 saturated heterocycles. The predicted octanol–water partition coefficient (Wildman–Crippen LogP) is 3.67. The lowest BCUT2D eigenvalue weighted by Gasteiger charge is -2.24. The number of ether oxygens (including phenoxy) is 2. The molecule has 1 aromatic carbocycles. The highest BCUT2D eigenvalue weighted by Gasteiger charge is 2.32. The van der Waals surface area contributed by atoms with Crippen LogP contribution in [0.3, 0.4) is 0 Å². The number of nitrogens with one attached hydrogen (secondary N) is 1. The van der Waals surface area contributed by atoms with Gasteiger partial charge in [0.25, 0.3) is 0 Å². The van der Waals surface area contributed by atoms with Gasteiger partial charge in [-0.1, -0.05) is 0 Å². The van der Waals surface area contributed by atoms with E-state index in [2.05, 4.69) is 5.32 Å². The van der Waals surface area contributed by atoms with Crippen LogP contribution in [-0.4, -0.2) is 31.7 Å². The van der Waals surface area contributed by atoms with Crippen molar-refractivity contribution in [1.29, 1.82) is 0 Å². The molecule has 6 nitrogen and oxygen atoms in total. The van der Waals surface area contributed by atoms with E-state index >= 15 is 0 Å². The van der Waals surface area contributed by atoms with Crippen molar-refractivity contribution < 1.29 is 18.7 Å². The first-order chi connectivity index (χ1) is 11.2. The molecule has 0 unspecified atom stereocenters. The first-order valence-electron chi connectivity index (χ1n) is 7.56. The van der Waals surface area contributed by atoms with Gasteiger partial charge in [0.15, 0.2) is 0 Å². The minimum Gasteiger partial charge on any atom is -0.497 e. The maximum atomic E-state index is 12.7. The lowest BCUT2D eigenvalue weighted by Crippen LogP contribution is -2.34. The maximum Gasteiger partial charge on any atom is 0.322 e. The second-order valence-electron chi connectivity index (χ2n) is 5.36. The van der Waals surface area contributed by atoms with Gasteiger partial charge in [-0.15, -0.1) is 0 Å². The van der Waals surface area contributed by atoms with Crippen LogP contribution in [-0.2, 0) is 0 Å². The van der Waals surface area contributed by atoms with Crippen molar-refractivity contribution in [3.63, 3.8) is 0 Å². The first-order valence-corrected chi connectivity index (χ1v) is 7.56. The van der Waals surface area contributed by atoms with Crippen LogP contribution in [0.15, 0.2) is 41.0 Å². The number of carbonyl (C=O) groups is 1. The van der Waals surface area contributed by atoms with E-state index in [0.29, 0.717) is 23.7 Å². The molecule has 2 heterocycles. The lowest BCUT2D eigenvalue weighted by molar-refractivity contribution is 0.199. The molecule has 23 heavy (non-hydrogen) atoms. The Labute approximate surface area is 135 Å². The van der Waals surface area contributed by atoms with E-state index in [1.54, 1.807) is 43.6 Å². The number of urea groups is 1. The fourth-order valence-electron chi connectivity index (χ4n) is 2.89. The summed E-state index contributed by atoms with van der Waals surface area (Å²) in [6.07, 6.45) is 3.49. The Morgan fingerprint density at radius 1 is 1.30 bits per heavy atom. The molecule has 0 spiro atoms. The van der Waals surface area contributed by atoms with Gasteiger partial charge in [-0.05, 0) is 37.1 Å². The number of amides is 2. The van der Waals surface area contributed by atoms with Gasteiger partial charge in [-0.2, -0.15) is 0 Å². The van der Waals surface area contributed by atoms with Crippen molar-refractivity contribution in [3.8, 4) is 11.5 Å². The molecule has 1 aliphatic rings. The number of rotatable bonds is 4. The van der Waals surface area contributed by atoms with Crippen LogP contribution in [0.25, 0.3) is 0 Å². The lowest BCUT2D eigenvalue weighted by atomic mass is 10.2. The second-order valence-corrected chi connectivity index (χ2v) is 5.36. The average molecular weight is 316 g/mol. The fourth-order valence-corrected chi connectivity index (χ4v) is 2.89. The van der Waals surface area contributed by atoms with E-state index in [-0.39, 0.29) is 12.1 Å². The van der Waals surface area contributed by atoms with Gasteiger partial charge < -0.3 is 24.1 Å². The molecule has 2 aromatic rings. The third kappa shape index (κ3) is 3.11. The summed E-state index contributed by atoms with van der Waals surface area (Å²) in [6, 6.07) is 8.85. The van der Waals surface area contributed by atoms with Gasteiger partial charge >= 0.3 is 6.03 Å². The normalized spacial score (nSPS) is 17.1. The van der Waals surface area contributed by atoms with Gasteiger partial charge in [-0.25, -0.2) is 4.79 Å². The number of hydrogen-bond acceptors (Lipinski definition) is 4. The summed E-state index contributed by atoms with van der Waals surface area (Å²) >= 11 is 0. The maximum absolute atomic E-state index is 12.7. The highest BCUT2D eigenvalue weighted by Crippen LogP contribution is 2.34. The molecule has 122 valence electrons. The van der Waals surface area contributed by atoms with Crippen LogP contribution in [0.4, 0.5) is 10.5 Å². The third-order valence-electron chi connectivity index (χ3n) is 4.03. The molecule has 3 rings (SSSR count). The minimum atomic E-state index is -0.171. The number of hydrogen-bond donors (Lipinski definition) is 1. The molecule has 1 aromatic heterocycles. The number of likely N-dealkylation sites (tertiary alicyclic amines) is 1. The van der Waals surface area contributed by atoms with Crippen molar-refractivity contribution in [1.82, 2.24) is 4.90 Å². The van der Waals surface area contributed by atoms with Crippen LogP contribution >= 0.6 is 0 Å². The van der Waals surface area contributed by atoms with Gasteiger partial charge in [-0.3, -0.25) is 0 Å². The summed E-state index contributed by atoms with van der Waals surface area (Å²) in [5.74, 6) is 2.06. The molecule has 0 aliphatic carbocycles. The van der Waals surface area contributed by atoms with Crippen LogP contribution in [0.5, 0.6) is 11.5 Å². The zero-order chi connectivity index (χ0) is 16.2. The topological polar surface area (TPSA) is 63.9 Å². The van der Waals surface area contributed by atoms with E-state index in [1.165, 1.54) is 0 Å². The smallest absolute Gasteiger partial charge is 0.322 e. The SMILES string of the molecule is COc1ccc(OC)c(NC(=O)N2CCC[C@@H]2c2ccco2)c1. The molecule has 2 amide bonds. The quantitative estimate of drug-likeness (QED) is 0.935. The van der Waals surface area contributed by atoms with Gasteiger partial charge in [0.2, 0.25) is 0 Å². The molecule has 1 N–H and O–H groups in total. The van der Waals surface area contributed by atoms with Crippen LogP contribution in [0.1, 0.15) is 24.6 Å². The van der Waals surface area contributed by atoms with E-state index < -0.39 is 0 Å². The van der Waals surface area contributed by atoms with Gasteiger partial charge in [0.1, 0.15) is 17.3 Å². The number of methoxy groups -OCH3 is 2. The average Bonchev–Trinajstić information content (AvgIpc) is 3.25. The molecule has 6 heteroatoms. The van der Waals surface area contributed by atoms with Crippen LogP contribution in [0, 0.1) is 0 Å². The van der Waals surface area contributed by atoms with Crippen LogP contribution < -0.4 is 14.8 Å². The zero-order valence-electron chi connectivity index (χ0n) is 13.2. The Bertz CT molecular complexity index is 669. The van der Waals surface area contributed by atoms with E-state index in [1.807, 2.05) is 12.1 Å². The van der Waals surface area contributed by atoms with Gasteiger partial charge in [0.05, 0.1) is 32.2 Å². The summed E-state index contributed by atoms with van der Waals surface area (Å²) in [7, 11) is 3.15. The molecule has 0 saturated carbocycles. The number of carbonyl (C=O) groups excluding carboxylic acids is 1. The van der Waals surface area contributed by atoms with Crippen molar-refractivity contribution in [3.05, 3.63) is 42.4 Å². The molecule has 0 bridgehead atoms. The van der Waals surface area contributed by atoms with Crippen LogP contribution in [0.2, 0.25) is 0 Å². The third-order valence-corrected chi connectivity index (χ3v) is 4.03. The number of furan rings is 1. The highest BCUT2D eigenvalue weighted by molar-refractivity contribution is 5.91. The highest BCUT2D eigenvalue weighted by atomic mass is 16.5. The standard InChI is InChI=1S/C17H20N2O4/c1-21-12-7-8-15(22-2)13(11-12)18-17(20)19-9-3-5-14(19)16-6-4-10-23-16/h4,6-8,10-11,14H,3,5,9H2,1-2H3,(H,18,20)/t14-/m1/s1. The molecular formula is C17H20N2O4. The monoisotopic (exact) mass is 316 g/mol. The van der Waals surface area contributed by atoms with Crippen molar-refractivity contribution >= 4 is 11.7 Å². The van der Waals surface area contributed by atoms with Crippen molar-refractivity contribution in [2.24, 2.45) is 0 Å². The Balaban J connectivity index is 1.78. The zero-order valence-corrected chi connectivity index (χ0v) is 13.2. The van der Waals surface area contributed by atoms with Gasteiger partial charge in [0, 0.05) is 12.6 Å². The Morgan fingerprint density at radius 2 is 2.17 bits per heavy atom. The number of benzene rings is 1. The fraction of sp³-hybridized carbons (Fsp3) is 0.353. The summed E-state index contributed by atoms with van der Waals surface area (Å²) in [5, 5.41) is 2.91. The summed E-state index contributed by atoms with van der Waals surface area (Å²) in [4.78, 5) is 14.5. The second kappa shape index (κ2) is 6.64. The van der Waals surface area contributed by atoms with E-state index in [9.17, 15) is 4.79 Å². The van der Waals surface area contributed by atoms with Crippen molar-refractivity contribution in [2.75, 3.05) is 26.1 Å². The largest absolute Gasteiger partial charge is 0.497 e. The Hall–Kier alpha value is -2.63. The Morgan fingerprint density at radius 3 is 2.87 bits per heavy atom. The molecule has 0 radical (unpaired) electrons. The number of nitrogens with zero attached hydrogens (tertiary/aromatic N) is 1. The minimum absolute atomic E-state index is 0.0263. The van der Waals surface area contributed by atoms with Crippen molar-refractivity contribution in [2.45, 2.75) is 18.9 Å². The molecule has 1 atom stereocenters. The molecular weight excluding hydrogens is 296 g/mol. The van der Waals surface area contributed by atoms with E-state index in [0.717, 1.165) is 18.6 Å². The first kappa shape index (κ1) is 15.3.